The highest BCUT2D eigenvalue weighted by Gasteiger charge is 2.23. The van der Waals surface area contributed by atoms with Gasteiger partial charge in [0.05, 0.1) is 0 Å². The van der Waals surface area contributed by atoms with E-state index >= 15 is 0 Å². The first-order chi connectivity index (χ1) is 7.29. The maximum atomic E-state index is 4.26. The molecule has 0 amide bonds. The van der Waals surface area contributed by atoms with Crippen LogP contribution in [0, 0.1) is 17.3 Å². The van der Waals surface area contributed by atoms with Crippen molar-refractivity contribution in [2.24, 2.45) is 17.3 Å². The molecule has 0 atom stereocenters. The zero-order valence-corrected chi connectivity index (χ0v) is 11.8. The van der Waals surface area contributed by atoms with E-state index in [2.05, 4.69) is 46.1 Å². The van der Waals surface area contributed by atoms with Gasteiger partial charge in [0.1, 0.15) is 0 Å². The van der Waals surface area contributed by atoms with Crippen molar-refractivity contribution in [1.29, 1.82) is 0 Å². The first-order valence-corrected chi connectivity index (χ1v) is 6.72. The van der Waals surface area contributed by atoms with Crippen LogP contribution in [0.25, 0.3) is 0 Å². The normalized spacial score (nSPS) is 19.2. The molecule has 0 aromatic rings. The molecule has 1 rings (SSSR count). The van der Waals surface area contributed by atoms with Gasteiger partial charge in [-0.05, 0) is 36.5 Å². The van der Waals surface area contributed by atoms with Crippen molar-refractivity contribution in [2.75, 3.05) is 13.1 Å². The monoisotopic (exact) mass is 223 g/mol. The molecular formula is C15H29N. The molecular weight excluding hydrogens is 194 g/mol. The molecule has 0 bridgehead atoms. The van der Waals surface area contributed by atoms with E-state index in [1.165, 1.54) is 31.6 Å². The largest absolute Gasteiger partial charge is 0.375 e. The smallest absolute Gasteiger partial charge is 0.0177 e. The Labute approximate surface area is 102 Å². The van der Waals surface area contributed by atoms with E-state index in [-0.39, 0.29) is 0 Å². The molecule has 16 heavy (non-hydrogen) atoms. The van der Waals surface area contributed by atoms with Crippen molar-refractivity contribution < 1.29 is 0 Å². The Hall–Kier alpha value is -0.460. The van der Waals surface area contributed by atoms with Gasteiger partial charge in [-0.3, -0.25) is 0 Å². The first kappa shape index (κ1) is 13.6. The van der Waals surface area contributed by atoms with Crippen LogP contribution in [0.15, 0.2) is 12.3 Å². The van der Waals surface area contributed by atoms with Gasteiger partial charge in [0.15, 0.2) is 0 Å². The van der Waals surface area contributed by atoms with Crippen LogP contribution in [-0.2, 0) is 0 Å². The fourth-order valence-corrected chi connectivity index (χ4v) is 2.61. The summed E-state index contributed by atoms with van der Waals surface area (Å²) >= 11 is 0. The van der Waals surface area contributed by atoms with Crippen LogP contribution in [0.3, 0.4) is 0 Å². The van der Waals surface area contributed by atoms with Gasteiger partial charge in [0, 0.05) is 18.8 Å². The van der Waals surface area contributed by atoms with E-state index in [4.69, 9.17) is 0 Å². The lowest BCUT2D eigenvalue weighted by Crippen LogP contribution is -2.35. The van der Waals surface area contributed by atoms with E-state index in [1.807, 2.05) is 0 Å². The Balaban J connectivity index is 2.39. The van der Waals surface area contributed by atoms with Crippen LogP contribution in [0.1, 0.15) is 53.9 Å². The molecule has 0 aromatic carbocycles. The minimum absolute atomic E-state index is 0.367. The molecule has 1 aliphatic heterocycles. The standard InChI is InChI=1S/C15H29N/c1-12(2)14-7-9-16(10-8-14)13(3)11-15(4,5)6/h12,14H,3,7-11H2,1-2,4-6H3. The summed E-state index contributed by atoms with van der Waals surface area (Å²) in [4.78, 5) is 2.50. The highest BCUT2D eigenvalue weighted by Crippen LogP contribution is 2.30. The summed E-state index contributed by atoms with van der Waals surface area (Å²) in [6.07, 6.45) is 3.82. The summed E-state index contributed by atoms with van der Waals surface area (Å²) in [5, 5.41) is 0. The highest BCUT2D eigenvalue weighted by atomic mass is 15.1. The molecule has 0 N–H and O–H groups in total. The van der Waals surface area contributed by atoms with E-state index in [1.54, 1.807) is 0 Å². The van der Waals surface area contributed by atoms with Gasteiger partial charge in [0.25, 0.3) is 0 Å². The van der Waals surface area contributed by atoms with Gasteiger partial charge < -0.3 is 4.90 Å². The van der Waals surface area contributed by atoms with E-state index < -0.39 is 0 Å². The summed E-state index contributed by atoms with van der Waals surface area (Å²) < 4.78 is 0. The number of likely N-dealkylation sites (tertiary alicyclic amines) is 1. The lowest BCUT2D eigenvalue weighted by Gasteiger charge is -2.38. The van der Waals surface area contributed by atoms with E-state index in [0.717, 1.165) is 18.3 Å². The number of hydrogen-bond acceptors (Lipinski definition) is 1. The van der Waals surface area contributed by atoms with Crippen molar-refractivity contribution >= 4 is 0 Å². The molecule has 0 radical (unpaired) electrons. The average Bonchev–Trinajstić information content (AvgIpc) is 2.15. The Bertz CT molecular complexity index is 226. The summed E-state index contributed by atoms with van der Waals surface area (Å²) in [5.74, 6) is 1.77. The molecule has 0 aliphatic carbocycles. The van der Waals surface area contributed by atoms with Gasteiger partial charge in [-0.1, -0.05) is 41.2 Å². The van der Waals surface area contributed by atoms with Crippen LogP contribution < -0.4 is 0 Å². The number of rotatable bonds is 3. The molecule has 1 nitrogen and oxygen atoms in total. The minimum atomic E-state index is 0.367. The molecule has 94 valence electrons. The zero-order chi connectivity index (χ0) is 12.3. The van der Waals surface area contributed by atoms with Crippen LogP contribution in [0.2, 0.25) is 0 Å². The van der Waals surface area contributed by atoms with Gasteiger partial charge in [-0.25, -0.2) is 0 Å². The van der Waals surface area contributed by atoms with Gasteiger partial charge in [-0.2, -0.15) is 0 Å². The summed E-state index contributed by atoms with van der Waals surface area (Å²) in [6.45, 7) is 18.3. The third kappa shape index (κ3) is 4.19. The molecule has 1 aliphatic rings. The number of allylic oxidation sites excluding steroid dienone is 1. The molecule has 0 spiro atoms. The average molecular weight is 223 g/mol. The summed E-state index contributed by atoms with van der Waals surface area (Å²) in [7, 11) is 0. The second-order valence-corrected chi connectivity index (χ2v) is 6.87. The van der Waals surface area contributed by atoms with Crippen molar-refractivity contribution in [3.05, 3.63) is 12.3 Å². The number of piperidine rings is 1. The highest BCUT2D eigenvalue weighted by molar-refractivity contribution is 4.99. The van der Waals surface area contributed by atoms with E-state index in [0.29, 0.717) is 5.41 Å². The number of hydrogen-bond donors (Lipinski definition) is 0. The van der Waals surface area contributed by atoms with Gasteiger partial charge >= 0.3 is 0 Å². The first-order valence-electron chi connectivity index (χ1n) is 6.72. The van der Waals surface area contributed by atoms with Crippen LogP contribution >= 0.6 is 0 Å². The van der Waals surface area contributed by atoms with E-state index in [9.17, 15) is 0 Å². The summed E-state index contributed by atoms with van der Waals surface area (Å²) in [5.41, 5.74) is 1.71. The van der Waals surface area contributed by atoms with Crippen LogP contribution in [0.5, 0.6) is 0 Å². The fourth-order valence-electron chi connectivity index (χ4n) is 2.61. The van der Waals surface area contributed by atoms with Crippen molar-refractivity contribution in [1.82, 2.24) is 4.90 Å². The zero-order valence-electron chi connectivity index (χ0n) is 11.8. The molecule has 1 saturated heterocycles. The Kier molecular flexibility index (Phi) is 4.46. The predicted molar refractivity (Wildman–Crippen MR) is 72.3 cm³/mol. The molecule has 1 fully saturated rings. The Morgan fingerprint density at radius 3 is 2.12 bits per heavy atom. The van der Waals surface area contributed by atoms with Crippen molar-refractivity contribution in [3.8, 4) is 0 Å². The topological polar surface area (TPSA) is 3.24 Å². The Morgan fingerprint density at radius 2 is 1.75 bits per heavy atom. The predicted octanol–water partition coefficient (Wildman–Crippen LogP) is 4.30. The lowest BCUT2D eigenvalue weighted by atomic mass is 9.85. The number of nitrogens with zero attached hydrogens (tertiary/aromatic N) is 1. The van der Waals surface area contributed by atoms with Gasteiger partial charge in [-0.15, -0.1) is 0 Å². The molecule has 1 heteroatoms. The second-order valence-electron chi connectivity index (χ2n) is 6.87. The third-order valence-electron chi connectivity index (χ3n) is 3.66. The SMILES string of the molecule is C=C(CC(C)(C)C)N1CCC(C(C)C)CC1. The maximum Gasteiger partial charge on any atom is 0.0177 e. The fraction of sp³-hybridized carbons (Fsp3) is 0.867. The lowest BCUT2D eigenvalue weighted by molar-refractivity contribution is 0.178. The third-order valence-corrected chi connectivity index (χ3v) is 3.66. The molecule has 0 saturated carbocycles. The molecule has 1 heterocycles. The second kappa shape index (κ2) is 5.25. The minimum Gasteiger partial charge on any atom is -0.375 e. The van der Waals surface area contributed by atoms with Crippen molar-refractivity contribution in [2.45, 2.75) is 53.9 Å². The van der Waals surface area contributed by atoms with Gasteiger partial charge in [0.2, 0.25) is 0 Å². The molecule has 0 aromatic heterocycles. The maximum absolute atomic E-state index is 4.26. The molecule has 0 unspecified atom stereocenters. The quantitative estimate of drug-likeness (QED) is 0.689. The summed E-state index contributed by atoms with van der Waals surface area (Å²) in [6, 6.07) is 0. The van der Waals surface area contributed by atoms with Crippen molar-refractivity contribution in [3.63, 3.8) is 0 Å². The van der Waals surface area contributed by atoms with Crippen LogP contribution in [-0.4, -0.2) is 18.0 Å². The Morgan fingerprint density at radius 1 is 1.25 bits per heavy atom. The van der Waals surface area contributed by atoms with Crippen LogP contribution in [0.4, 0.5) is 0 Å².